The summed E-state index contributed by atoms with van der Waals surface area (Å²) in [6, 6.07) is 0.485. The molecular formula is C14H24N2O3. The molecule has 0 bridgehead atoms. The number of carbonyl (C=O) groups is 2. The van der Waals surface area contributed by atoms with Crippen LogP contribution in [-0.4, -0.2) is 59.0 Å². The molecular weight excluding hydrogens is 244 g/mol. The van der Waals surface area contributed by atoms with Crippen LogP contribution in [0.25, 0.3) is 0 Å². The highest BCUT2D eigenvalue weighted by atomic mass is 16.4. The van der Waals surface area contributed by atoms with Crippen molar-refractivity contribution in [1.82, 2.24) is 9.80 Å². The average molecular weight is 268 g/mol. The summed E-state index contributed by atoms with van der Waals surface area (Å²) < 4.78 is 0. The maximum atomic E-state index is 12.3. The van der Waals surface area contributed by atoms with Crippen LogP contribution in [0.2, 0.25) is 0 Å². The third-order valence-electron chi connectivity index (χ3n) is 4.66. The largest absolute Gasteiger partial charge is 0.481 e. The fourth-order valence-electron chi connectivity index (χ4n) is 3.06. The number of likely N-dealkylation sites (tertiary alicyclic amines) is 2. The first-order chi connectivity index (χ1) is 9.00. The van der Waals surface area contributed by atoms with Gasteiger partial charge in [-0.15, -0.1) is 0 Å². The number of carboxylic acids is 1. The number of hydrogen-bond acceptors (Lipinski definition) is 3. The summed E-state index contributed by atoms with van der Waals surface area (Å²) in [5.41, 5.74) is 0. The van der Waals surface area contributed by atoms with E-state index in [-0.39, 0.29) is 5.91 Å². The van der Waals surface area contributed by atoms with Crippen molar-refractivity contribution in [3.05, 3.63) is 0 Å². The molecule has 2 fully saturated rings. The van der Waals surface area contributed by atoms with Crippen LogP contribution in [0.3, 0.4) is 0 Å². The zero-order valence-electron chi connectivity index (χ0n) is 11.8. The molecule has 2 rings (SSSR count). The molecule has 1 N–H and O–H groups in total. The molecule has 5 heteroatoms. The summed E-state index contributed by atoms with van der Waals surface area (Å²) in [4.78, 5) is 27.6. The fourth-order valence-corrected chi connectivity index (χ4v) is 3.06. The van der Waals surface area contributed by atoms with Gasteiger partial charge in [-0.3, -0.25) is 14.5 Å². The zero-order valence-corrected chi connectivity index (χ0v) is 11.8. The number of hydrogen-bond donors (Lipinski definition) is 1. The Morgan fingerprint density at radius 2 is 1.74 bits per heavy atom. The van der Waals surface area contributed by atoms with E-state index in [4.69, 9.17) is 5.11 Å². The van der Waals surface area contributed by atoms with Crippen molar-refractivity contribution in [3.8, 4) is 0 Å². The lowest BCUT2D eigenvalue weighted by molar-refractivity contribution is -0.148. The first-order valence-corrected chi connectivity index (χ1v) is 7.26. The van der Waals surface area contributed by atoms with Crippen LogP contribution in [-0.2, 0) is 9.59 Å². The van der Waals surface area contributed by atoms with Gasteiger partial charge in [0.05, 0.1) is 5.92 Å². The van der Waals surface area contributed by atoms with Crippen molar-refractivity contribution < 1.29 is 14.7 Å². The zero-order chi connectivity index (χ0) is 14.0. The monoisotopic (exact) mass is 268 g/mol. The number of nitrogens with zero attached hydrogens (tertiary/aromatic N) is 2. The lowest BCUT2D eigenvalue weighted by atomic mass is 9.95. The number of carbonyl (C=O) groups excluding carboxylic acids is 1. The van der Waals surface area contributed by atoms with Gasteiger partial charge < -0.3 is 10.0 Å². The molecule has 0 aromatic rings. The Balaban J connectivity index is 1.89. The van der Waals surface area contributed by atoms with Gasteiger partial charge in [0.2, 0.25) is 5.91 Å². The Morgan fingerprint density at radius 1 is 1.11 bits per heavy atom. The second-order valence-corrected chi connectivity index (χ2v) is 5.89. The Morgan fingerprint density at radius 3 is 2.32 bits per heavy atom. The average Bonchev–Trinajstić information content (AvgIpc) is 3.05. The van der Waals surface area contributed by atoms with Gasteiger partial charge in [0.1, 0.15) is 0 Å². The van der Waals surface area contributed by atoms with E-state index in [0.29, 0.717) is 6.04 Å². The first kappa shape index (κ1) is 14.3. The van der Waals surface area contributed by atoms with Crippen molar-refractivity contribution >= 4 is 11.9 Å². The van der Waals surface area contributed by atoms with Crippen LogP contribution in [0.4, 0.5) is 0 Å². The summed E-state index contributed by atoms with van der Waals surface area (Å²) >= 11 is 0. The van der Waals surface area contributed by atoms with Gasteiger partial charge in [-0.05, 0) is 32.4 Å². The maximum absolute atomic E-state index is 12.3. The molecule has 0 aliphatic carbocycles. The molecule has 1 amide bonds. The Labute approximate surface area is 114 Å². The van der Waals surface area contributed by atoms with E-state index < -0.39 is 17.8 Å². The van der Waals surface area contributed by atoms with E-state index in [1.54, 1.807) is 13.8 Å². The van der Waals surface area contributed by atoms with E-state index in [2.05, 4.69) is 4.90 Å². The number of amides is 1. The quantitative estimate of drug-likeness (QED) is 0.827. The van der Waals surface area contributed by atoms with Gasteiger partial charge in [0, 0.05) is 25.0 Å². The minimum Gasteiger partial charge on any atom is -0.481 e. The van der Waals surface area contributed by atoms with Gasteiger partial charge >= 0.3 is 5.97 Å². The van der Waals surface area contributed by atoms with Crippen molar-refractivity contribution in [1.29, 1.82) is 0 Å². The molecule has 2 aliphatic rings. The Hall–Kier alpha value is -1.10. The van der Waals surface area contributed by atoms with Crippen LogP contribution in [0.1, 0.15) is 33.1 Å². The summed E-state index contributed by atoms with van der Waals surface area (Å²) in [6.07, 6.45) is 3.55. The molecule has 0 radical (unpaired) electrons. The van der Waals surface area contributed by atoms with Crippen LogP contribution in [0.5, 0.6) is 0 Å². The molecule has 0 aromatic heterocycles. The predicted octanol–water partition coefficient (Wildman–Crippen LogP) is 1.04. The van der Waals surface area contributed by atoms with E-state index in [9.17, 15) is 9.59 Å². The maximum Gasteiger partial charge on any atom is 0.307 e. The van der Waals surface area contributed by atoms with Gasteiger partial charge in [-0.2, -0.15) is 0 Å². The molecule has 19 heavy (non-hydrogen) atoms. The lowest BCUT2D eigenvalue weighted by Crippen LogP contribution is -2.40. The molecule has 3 unspecified atom stereocenters. The van der Waals surface area contributed by atoms with E-state index in [0.717, 1.165) is 32.6 Å². The minimum absolute atomic E-state index is 0.00315. The molecule has 5 nitrogen and oxygen atoms in total. The SMILES string of the molecule is CC(C(=O)O)C(C)C(=O)N1CCC(N2CCCC2)C1. The smallest absolute Gasteiger partial charge is 0.307 e. The predicted molar refractivity (Wildman–Crippen MR) is 71.8 cm³/mol. The molecule has 3 atom stereocenters. The van der Waals surface area contributed by atoms with Crippen LogP contribution < -0.4 is 0 Å². The highest BCUT2D eigenvalue weighted by Gasteiger charge is 2.35. The number of carboxylic acid groups (broad SMARTS) is 1. The van der Waals surface area contributed by atoms with E-state index >= 15 is 0 Å². The standard InChI is InChI=1S/C14H24N2O3/c1-10(11(2)14(18)19)13(17)16-8-5-12(9-16)15-6-3-4-7-15/h10-12H,3-9H2,1-2H3,(H,18,19). The molecule has 2 saturated heterocycles. The number of aliphatic carboxylic acids is 1. The summed E-state index contributed by atoms with van der Waals surface area (Å²) in [5, 5.41) is 8.99. The van der Waals surface area contributed by atoms with Crippen molar-refractivity contribution in [2.24, 2.45) is 11.8 Å². The van der Waals surface area contributed by atoms with Crippen molar-refractivity contribution in [2.75, 3.05) is 26.2 Å². The highest BCUT2D eigenvalue weighted by molar-refractivity contribution is 5.84. The number of rotatable bonds is 4. The second-order valence-electron chi connectivity index (χ2n) is 5.89. The lowest BCUT2D eigenvalue weighted by Gasteiger charge is -2.26. The Bertz CT molecular complexity index is 353. The molecule has 2 heterocycles. The summed E-state index contributed by atoms with van der Waals surface area (Å²) in [7, 11) is 0. The highest BCUT2D eigenvalue weighted by Crippen LogP contribution is 2.23. The van der Waals surface area contributed by atoms with Gasteiger partial charge in [-0.1, -0.05) is 13.8 Å². The normalized spacial score (nSPS) is 27.5. The first-order valence-electron chi connectivity index (χ1n) is 7.26. The van der Waals surface area contributed by atoms with Crippen molar-refractivity contribution in [2.45, 2.75) is 39.2 Å². The second kappa shape index (κ2) is 5.90. The van der Waals surface area contributed by atoms with Crippen LogP contribution in [0.15, 0.2) is 0 Å². The Kier molecular flexibility index (Phi) is 4.45. The molecule has 0 aromatic carbocycles. The molecule has 2 aliphatic heterocycles. The summed E-state index contributed by atoms with van der Waals surface area (Å²) in [6.45, 7) is 7.18. The van der Waals surface area contributed by atoms with Crippen LogP contribution in [0, 0.1) is 11.8 Å². The van der Waals surface area contributed by atoms with E-state index in [1.807, 2.05) is 4.90 Å². The van der Waals surface area contributed by atoms with Gasteiger partial charge in [0.25, 0.3) is 0 Å². The summed E-state index contributed by atoms with van der Waals surface area (Å²) in [5.74, 6) is -1.94. The van der Waals surface area contributed by atoms with Gasteiger partial charge in [-0.25, -0.2) is 0 Å². The van der Waals surface area contributed by atoms with Crippen molar-refractivity contribution in [3.63, 3.8) is 0 Å². The molecule has 0 saturated carbocycles. The topological polar surface area (TPSA) is 60.9 Å². The molecule has 0 spiro atoms. The van der Waals surface area contributed by atoms with E-state index in [1.165, 1.54) is 12.8 Å². The molecule has 108 valence electrons. The fraction of sp³-hybridized carbons (Fsp3) is 0.857. The third-order valence-corrected chi connectivity index (χ3v) is 4.66. The minimum atomic E-state index is -0.892. The third kappa shape index (κ3) is 3.08. The van der Waals surface area contributed by atoms with Gasteiger partial charge in [0.15, 0.2) is 0 Å². The van der Waals surface area contributed by atoms with Crippen LogP contribution >= 0.6 is 0 Å².